The number of amides is 2. The first-order valence-corrected chi connectivity index (χ1v) is 10.0. The van der Waals surface area contributed by atoms with Crippen molar-refractivity contribution in [2.45, 2.75) is 72.8 Å². The minimum absolute atomic E-state index is 0.620. The zero-order valence-electron chi connectivity index (χ0n) is 20.1. The van der Waals surface area contributed by atoms with Crippen molar-refractivity contribution in [2.24, 2.45) is 0 Å². The molecule has 0 unspecified atom stereocenters. The molecule has 0 aromatic rings. The van der Waals surface area contributed by atoms with Crippen molar-refractivity contribution < 1.29 is 57.2 Å². The molecule has 0 rings (SSSR count). The highest BCUT2D eigenvalue weighted by atomic mass is 16.6. The van der Waals surface area contributed by atoms with Gasteiger partial charge < -0.3 is 23.7 Å². The van der Waals surface area contributed by atoms with E-state index in [2.05, 4.69) is 5.43 Å². The smallest absolute Gasteiger partial charge is 0.303 e. The number of rotatable bonds is 11. The highest BCUT2D eigenvalue weighted by Crippen LogP contribution is 2.21. The number of nitrogens with zero attached hydrogens (tertiary/aromatic N) is 1. The van der Waals surface area contributed by atoms with Crippen LogP contribution in [0.2, 0.25) is 0 Å². The maximum absolute atomic E-state index is 12.3. The summed E-state index contributed by atoms with van der Waals surface area (Å²) in [6.45, 7) is 6.08. The van der Waals surface area contributed by atoms with E-state index in [0.717, 1.165) is 48.5 Å². The quantitative estimate of drug-likeness (QED) is 0.216. The average Bonchev–Trinajstić information content (AvgIpc) is 2.66. The molecule has 0 aliphatic heterocycles. The van der Waals surface area contributed by atoms with Gasteiger partial charge in [0.2, 0.25) is 11.8 Å². The van der Waals surface area contributed by atoms with Crippen LogP contribution in [0.15, 0.2) is 0 Å². The summed E-state index contributed by atoms with van der Waals surface area (Å²) in [6.07, 6.45) is -4.85. The average molecular weight is 490 g/mol. The molecule has 0 aromatic carbocycles. The molecule has 192 valence electrons. The maximum atomic E-state index is 12.3. The van der Waals surface area contributed by atoms with Crippen molar-refractivity contribution in [3.63, 3.8) is 0 Å². The summed E-state index contributed by atoms with van der Waals surface area (Å²) in [4.78, 5) is 82.4. The van der Waals surface area contributed by atoms with Crippen LogP contribution >= 0.6 is 0 Å². The lowest BCUT2D eigenvalue weighted by Gasteiger charge is -2.39. The van der Waals surface area contributed by atoms with Gasteiger partial charge in [0.25, 0.3) is 0 Å². The fourth-order valence-corrected chi connectivity index (χ4v) is 2.79. The van der Waals surface area contributed by atoms with Crippen molar-refractivity contribution >= 4 is 41.7 Å². The van der Waals surface area contributed by atoms with Gasteiger partial charge in [-0.25, -0.2) is 5.01 Å². The Morgan fingerprint density at radius 3 is 1.44 bits per heavy atom. The molecule has 0 bridgehead atoms. The Labute approximate surface area is 196 Å². The molecule has 0 heterocycles. The molecule has 14 heteroatoms. The summed E-state index contributed by atoms with van der Waals surface area (Å²) >= 11 is 0. The lowest BCUT2D eigenvalue weighted by molar-refractivity contribution is -0.199. The van der Waals surface area contributed by atoms with Crippen molar-refractivity contribution in [2.75, 3.05) is 13.2 Å². The Balaban J connectivity index is 6.74. The van der Waals surface area contributed by atoms with Crippen molar-refractivity contribution in [3.05, 3.63) is 0 Å². The summed E-state index contributed by atoms with van der Waals surface area (Å²) in [6, 6.07) is -1.46. The minimum Gasteiger partial charge on any atom is -0.463 e. The van der Waals surface area contributed by atoms with Crippen LogP contribution < -0.4 is 5.43 Å². The van der Waals surface area contributed by atoms with Gasteiger partial charge in [-0.15, -0.1) is 0 Å². The maximum Gasteiger partial charge on any atom is 0.303 e. The summed E-state index contributed by atoms with van der Waals surface area (Å²) < 4.78 is 25.6. The fourth-order valence-electron chi connectivity index (χ4n) is 2.79. The Morgan fingerprint density at radius 2 is 1.06 bits per heavy atom. The van der Waals surface area contributed by atoms with Crippen LogP contribution in [0.4, 0.5) is 0 Å². The topological polar surface area (TPSA) is 181 Å². The zero-order chi connectivity index (χ0) is 26.6. The van der Waals surface area contributed by atoms with E-state index in [-0.39, 0.29) is 0 Å². The second-order valence-corrected chi connectivity index (χ2v) is 7.03. The monoisotopic (exact) mass is 490 g/mol. The Hall–Kier alpha value is -3.71. The third-order valence-corrected chi connectivity index (χ3v) is 3.85. The van der Waals surface area contributed by atoms with Gasteiger partial charge in [0.1, 0.15) is 19.3 Å². The summed E-state index contributed by atoms with van der Waals surface area (Å²) in [5.74, 6) is -5.71. The number of nitrogens with one attached hydrogen (secondary N) is 1. The second-order valence-electron chi connectivity index (χ2n) is 7.03. The number of hydrogen-bond donors (Lipinski definition) is 1. The van der Waals surface area contributed by atoms with E-state index in [1.54, 1.807) is 0 Å². The second kappa shape index (κ2) is 14.4. The minimum atomic E-state index is -1.67. The van der Waals surface area contributed by atoms with Crippen LogP contribution in [0.1, 0.15) is 48.5 Å². The van der Waals surface area contributed by atoms with Crippen molar-refractivity contribution in [1.29, 1.82) is 0 Å². The Bertz CT molecular complexity index is 796. The van der Waals surface area contributed by atoms with Crippen LogP contribution in [0.25, 0.3) is 0 Å². The first-order chi connectivity index (χ1) is 15.6. The van der Waals surface area contributed by atoms with Gasteiger partial charge >= 0.3 is 29.8 Å². The van der Waals surface area contributed by atoms with Crippen LogP contribution in [0.5, 0.6) is 0 Å². The number of hydrogen-bond acceptors (Lipinski definition) is 12. The largest absolute Gasteiger partial charge is 0.463 e. The molecule has 0 radical (unpaired) electrons. The highest BCUT2D eigenvalue weighted by molar-refractivity contribution is 5.80. The molecule has 34 heavy (non-hydrogen) atoms. The van der Waals surface area contributed by atoms with Gasteiger partial charge in [-0.1, -0.05) is 0 Å². The number of ether oxygens (including phenoxy) is 5. The lowest BCUT2D eigenvalue weighted by atomic mass is 9.99. The summed E-state index contributed by atoms with van der Waals surface area (Å²) in [7, 11) is 0. The van der Waals surface area contributed by atoms with Gasteiger partial charge in [-0.3, -0.25) is 39.0 Å². The van der Waals surface area contributed by atoms with Gasteiger partial charge in [0.05, 0.1) is 0 Å². The Morgan fingerprint density at radius 1 is 0.618 bits per heavy atom. The molecule has 0 aliphatic carbocycles. The third kappa shape index (κ3) is 11.8. The number of hydrazine groups is 1. The molecule has 2 amide bonds. The highest BCUT2D eigenvalue weighted by Gasteiger charge is 2.46. The number of carbonyl (C=O) groups is 7. The van der Waals surface area contributed by atoms with E-state index in [9.17, 15) is 33.6 Å². The van der Waals surface area contributed by atoms with Gasteiger partial charge in [0.15, 0.2) is 18.3 Å². The molecule has 0 fully saturated rings. The molecular weight excluding hydrogens is 460 g/mol. The molecule has 0 saturated heterocycles. The summed E-state index contributed by atoms with van der Waals surface area (Å²) in [5, 5.41) is 0.714. The van der Waals surface area contributed by atoms with E-state index in [1.807, 2.05) is 0 Å². The fraction of sp³-hybridized carbons (Fsp3) is 0.650. The lowest BCUT2D eigenvalue weighted by Crippen LogP contribution is -2.63. The molecular formula is C20H30N2O12. The predicted octanol–water partition coefficient (Wildman–Crippen LogP) is -0.824. The van der Waals surface area contributed by atoms with Gasteiger partial charge in [-0.05, 0) is 0 Å². The van der Waals surface area contributed by atoms with E-state index in [1.165, 1.54) is 0 Å². The van der Waals surface area contributed by atoms with E-state index >= 15 is 0 Å². The van der Waals surface area contributed by atoms with E-state index < -0.39 is 79.2 Å². The van der Waals surface area contributed by atoms with Crippen molar-refractivity contribution in [3.8, 4) is 0 Å². The third-order valence-electron chi connectivity index (χ3n) is 3.85. The molecule has 14 nitrogen and oxygen atoms in total. The van der Waals surface area contributed by atoms with Crippen LogP contribution in [-0.4, -0.2) is 84.2 Å². The van der Waals surface area contributed by atoms with Crippen LogP contribution in [0.3, 0.4) is 0 Å². The predicted molar refractivity (Wildman–Crippen MR) is 110 cm³/mol. The van der Waals surface area contributed by atoms with Crippen LogP contribution in [-0.2, 0) is 57.2 Å². The summed E-state index contributed by atoms with van der Waals surface area (Å²) in [5.41, 5.74) is 2.22. The first-order valence-electron chi connectivity index (χ1n) is 10.0. The van der Waals surface area contributed by atoms with Crippen molar-refractivity contribution in [1.82, 2.24) is 10.4 Å². The molecule has 0 saturated carbocycles. The zero-order valence-corrected chi connectivity index (χ0v) is 20.1. The van der Waals surface area contributed by atoms with E-state index in [0.29, 0.717) is 5.01 Å². The first kappa shape index (κ1) is 30.3. The molecule has 0 aliphatic rings. The molecule has 0 spiro atoms. The normalized spacial score (nSPS) is 13.7. The standard InChI is InChI=1S/C20H30N2O12/c1-10(23)21-22(11(2)24)17(8-30-12(3)25)19(33-15(6)28)20(34-16(7)29)18(32-14(5)27)9-31-13(4)26/h17-20H,8-9H2,1-7H3,(H,21,23)/t17-,18-,19+,20+/m1/s1. The van der Waals surface area contributed by atoms with Gasteiger partial charge in [0, 0.05) is 48.5 Å². The molecule has 1 N–H and O–H groups in total. The SMILES string of the molecule is CC(=O)NN(C(C)=O)[C@H](COC(C)=O)[C@H](OC(C)=O)[C@@H](OC(C)=O)[C@@H](COC(C)=O)OC(C)=O. The molecule has 0 aromatic heterocycles. The van der Waals surface area contributed by atoms with E-state index in [4.69, 9.17) is 23.7 Å². The molecule has 4 atom stereocenters. The van der Waals surface area contributed by atoms with Gasteiger partial charge in [-0.2, -0.15) is 0 Å². The number of esters is 5. The Kier molecular flexibility index (Phi) is 12.9. The number of carbonyl (C=O) groups excluding carboxylic acids is 7. The van der Waals surface area contributed by atoms with Crippen LogP contribution in [0, 0.1) is 0 Å².